The van der Waals surface area contributed by atoms with E-state index in [0.29, 0.717) is 30.8 Å². The molecule has 0 saturated carbocycles. The Labute approximate surface area is 171 Å². The number of rotatable bonds is 4. The summed E-state index contributed by atoms with van der Waals surface area (Å²) in [5, 5.41) is 5.39. The number of nitrogens with one attached hydrogen (secondary N) is 1. The van der Waals surface area contributed by atoms with E-state index >= 15 is 0 Å². The predicted molar refractivity (Wildman–Crippen MR) is 109 cm³/mol. The lowest BCUT2D eigenvalue weighted by molar-refractivity contribution is -0.136. The van der Waals surface area contributed by atoms with Crippen LogP contribution in [-0.4, -0.2) is 64.9 Å². The number of benzene rings is 1. The molecule has 0 bridgehead atoms. The van der Waals surface area contributed by atoms with Gasteiger partial charge in [0.25, 0.3) is 0 Å². The number of carbonyl (C=O) groups excluding carboxylic acids is 2. The van der Waals surface area contributed by atoms with E-state index in [1.54, 1.807) is 35.7 Å². The largest absolute Gasteiger partial charge is 0.345 e. The van der Waals surface area contributed by atoms with Gasteiger partial charge in [0.1, 0.15) is 11.9 Å². The highest BCUT2D eigenvalue weighted by Crippen LogP contribution is 2.25. The van der Waals surface area contributed by atoms with Gasteiger partial charge in [0.05, 0.1) is 5.25 Å². The third-order valence-electron chi connectivity index (χ3n) is 5.02. The van der Waals surface area contributed by atoms with Crippen molar-refractivity contribution in [2.24, 2.45) is 0 Å². The zero-order chi connectivity index (χ0) is 19.5. The average molecular weight is 421 g/mol. The van der Waals surface area contributed by atoms with Gasteiger partial charge in [-0.3, -0.25) is 9.59 Å². The highest BCUT2D eigenvalue weighted by molar-refractivity contribution is 8.00. The monoisotopic (exact) mass is 420 g/mol. The van der Waals surface area contributed by atoms with Crippen LogP contribution >= 0.6 is 23.1 Å². The molecule has 0 spiro atoms. The summed E-state index contributed by atoms with van der Waals surface area (Å²) >= 11 is 3.02. The van der Waals surface area contributed by atoms with Gasteiger partial charge in [-0.05, 0) is 18.1 Å². The molecule has 2 aromatic rings. The van der Waals surface area contributed by atoms with Crippen molar-refractivity contribution in [1.29, 1.82) is 0 Å². The molecule has 3 heterocycles. The van der Waals surface area contributed by atoms with Crippen molar-refractivity contribution in [3.63, 3.8) is 0 Å². The third kappa shape index (κ3) is 4.15. The van der Waals surface area contributed by atoms with E-state index in [2.05, 4.69) is 15.2 Å². The summed E-state index contributed by atoms with van der Waals surface area (Å²) in [5.41, 5.74) is 0.526. The molecule has 1 N–H and O–H groups in total. The molecule has 0 aliphatic carbocycles. The number of aromatic nitrogens is 1. The Morgan fingerprint density at radius 3 is 2.71 bits per heavy atom. The van der Waals surface area contributed by atoms with Crippen LogP contribution in [0.4, 0.5) is 9.52 Å². The maximum atomic E-state index is 13.8. The van der Waals surface area contributed by atoms with E-state index in [0.717, 1.165) is 18.2 Å². The fraction of sp³-hybridized carbons (Fsp3) is 0.421. The van der Waals surface area contributed by atoms with E-state index in [1.165, 1.54) is 17.8 Å². The molecule has 4 rings (SSSR count). The van der Waals surface area contributed by atoms with Crippen molar-refractivity contribution >= 4 is 40.0 Å². The predicted octanol–water partition coefficient (Wildman–Crippen LogP) is 1.77. The molecule has 2 atom stereocenters. The van der Waals surface area contributed by atoms with Crippen LogP contribution in [0.1, 0.15) is 5.56 Å². The highest BCUT2D eigenvalue weighted by atomic mass is 32.2. The Bertz CT molecular complexity index is 840. The molecule has 2 fully saturated rings. The lowest BCUT2D eigenvalue weighted by Gasteiger charge is -2.37. The second-order valence-electron chi connectivity index (χ2n) is 6.81. The molecule has 0 radical (unpaired) electrons. The Morgan fingerprint density at radius 2 is 2.04 bits per heavy atom. The van der Waals surface area contributed by atoms with Crippen molar-refractivity contribution in [2.75, 3.05) is 36.8 Å². The average Bonchev–Trinajstić information content (AvgIpc) is 3.25. The SMILES string of the molecule is O=C1N[C@@H](C(=O)N2CCN(c3nccs3)CC2)CS[C@H]1Cc1ccccc1F. The summed E-state index contributed by atoms with van der Waals surface area (Å²) in [6.07, 6.45) is 2.11. The molecular weight excluding hydrogens is 399 g/mol. The molecule has 9 heteroatoms. The summed E-state index contributed by atoms with van der Waals surface area (Å²) in [7, 11) is 0. The highest BCUT2D eigenvalue weighted by Gasteiger charge is 2.35. The molecule has 2 amide bonds. The Hall–Kier alpha value is -2.13. The molecule has 28 heavy (non-hydrogen) atoms. The smallest absolute Gasteiger partial charge is 0.246 e. The van der Waals surface area contributed by atoms with Crippen LogP contribution in [0.15, 0.2) is 35.8 Å². The number of thioether (sulfide) groups is 1. The fourth-order valence-electron chi connectivity index (χ4n) is 3.45. The van der Waals surface area contributed by atoms with Crippen LogP contribution in [-0.2, 0) is 16.0 Å². The Morgan fingerprint density at radius 1 is 1.25 bits per heavy atom. The Kier molecular flexibility index (Phi) is 5.82. The van der Waals surface area contributed by atoms with Crippen LogP contribution in [0, 0.1) is 5.82 Å². The number of thiazole rings is 1. The number of nitrogens with zero attached hydrogens (tertiary/aromatic N) is 3. The Balaban J connectivity index is 1.30. The fourth-order valence-corrected chi connectivity index (χ4v) is 5.32. The van der Waals surface area contributed by atoms with Gasteiger partial charge < -0.3 is 15.1 Å². The van der Waals surface area contributed by atoms with Crippen molar-refractivity contribution in [3.05, 3.63) is 47.2 Å². The summed E-state index contributed by atoms with van der Waals surface area (Å²) in [4.78, 5) is 33.6. The lowest BCUT2D eigenvalue weighted by atomic mass is 10.1. The molecule has 1 aromatic heterocycles. The van der Waals surface area contributed by atoms with Crippen LogP contribution < -0.4 is 10.2 Å². The summed E-state index contributed by atoms with van der Waals surface area (Å²) in [5.74, 6) is -0.0217. The number of hydrogen-bond acceptors (Lipinski definition) is 6. The van der Waals surface area contributed by atoms with Gasteiger partial charge in [0, 0.05) is 43.5 Å². The lowest BCUT2D eigenvalue weighted by Crippen LogP contribution is -2.58. The number of halogens is 1. The first-order valence-corrected chi connectivity index (χ1v) is 11.1. The van der Waals surface area contributed by atoms with Gasteiger partial charge in [-0.2, -0.15) is 0 Å². The number of anilines is 1. The maximum Gasteiger partial charge on any atom is 0.246 e. The van der Waals surface area contributed by atoms with Gasteiger partial charge >= 0.3 is 0 Å². The molecule has 148 valence electrons. The zero-order valence-electron chi connectivity index (χ0n) is 15.2. The van der Waals surface area contributed by atoms with Crippen molar-refractivity contribution in [2.45, 2.75) is 17.7 Å². The van der Waals surface area contributed by atoms with Crippen LogP contribution in [0.2, 0.25) is 0 Å². The standard InChI is InChI=1S/C19H21FN4O2S2/c20-14-4-2-1-3-13(14)11-16-17(25)22-15(12-28-16)18(26)23-6-8-24(9-7-23)19-21-5-10-27-19/h1-5,10,15-16H,6-9,11-12H2,(H,22,25)/t15-,16+/m1/s1. The van der Waals surface area contributed by atoms with Crippen molar-refractivity contribution in [3.8, 4) is 0 Å². The molecule has 2 aliphatic heterocycles. The van der Waals surface area contributed by atoms with Gasteiger partial charge in [0.2, 0.25) is 11.8 Å². The number of carbonyl (C=O) groups is 2. The number of hydrogen-bond donors (Lipinski definition) is 1. The molecule has 2 saturated heterocycles. The van der Waals surface area contributed by atoms with Crippen LogP contribution in [0.3, 0.4) is 0 Å². The number of piperazine rings is 1. The topological polar surface area (TPSA) is 65.5 Å². The summed E-state index contributed by atoms with van der Waals surface area (Å²) in [6.45, 7) is 2.72. The van der Waals surface area contributed by atoms with E-state index in [4.69, 9.17) is 0 Å². The van der Waals surface area contributed by atoms with Crippen LogP contribution in [0.25, 0.3) is 0 Å². The third-order valence-corrected chi connectivity index (χ3v) is 7.16. The quantitative estimate of drug-likeness (QED) is 0.817. The molecule has 1 aromatic carbocycles. The first-order valence-electron chi connectivity index (χ1n) is 9.20. The van der Waals surface area contributed by atoms with Gasteiger partial charge in [-0.1, -0.05) is 18.2 Å². The first kappa shape index (κ1) is 19.2. The van der Waals surface area contributed by atoms with Crippen molar-refractivity contribution < 1.29 is 14.0 Å². The molecular formula is C19H21FN4O2S2. The minimum atomic E-state index is -0.513. The summed E-state index contributed by atoms with van der Waals surface area (Å²) < 4.78 is 13.8. The minimum absolute atomic E-state index is 0.0380. The second kappa shape index (κ2) is 8.48. The van der Waals surface area contributed by atoms with Gasteiger partial charge in [0.15, 0.2) is 5.13 Å². The maximum absolute atomic E-state index is 13.8. The van der Waals surface area contributed by atoms with Crippen molar-refractivity contribution in [1.82, 2.24) is 15.2 Å². The minimum Gasteiger partial charge on any atom is -0.345 e. The molecule has 6 nitrogen and oxygen atoms in total. The second-order valence-corrected chi connectivity index (χ2v) is 8.91. The molecule has 0 unspecified atom stereocenters. The van der Waals surface area contributed by atoms with Gasteiger partial charge in [-0.15, -0.1) is 23.1 Å². The van der Waals surface area contributed by atoms with Gasteiger partial charge in [-0.25, -0.2) is 9.37 Å². The van der Waals surface area contributed by atoms with E-state index in [-0.39, 0.29) is 22.9 Å². The van der Waals surface area contributed by atoms with E-state index < -0.39 is 6.04 Å². The zero-order valence-corrected chi connectivity index (χ0v) is 16.8. The normalized spacial score (nSPS) is 22.8. The first-order chi connectivity index (χ1) is 13.6. The van der Waals surface area contributed by atoms with E-state index in [9.17, 15) is 14.0 Å². The van der Waals surface area contributed by atoms with Crippen LogP contribution in [0.5, 0.6) is 0 Å². The number of amides is 2. The summed E-state index contributed by atoms with van der Waals surface area (Å²) in [6, 6.07) is 5.98. The molecule has 2 aliphatic rings. The van der Waals surface area contributed by atoms with E-state index in [1.807, 2.05) is 10.3 Å².